The van der Waals surface area contributed by atoms with E-state index in [-0.39, 0.29) is 11.5 Å². The topological polar surface area (TPSA) is 26.0 Å². The molecule has 0 spiro atoms. The molecular formula is C18H23Cl2N. The van der Waals surface area contributed by atoms with Crippen LogP contribution in [0.4, 0.5) is 0 Å². The van der Waals surface area contributed by atoms with Crippen molar-refractivity contribution in [2.24, 2.45) is 28.4 Å². The highest BCUT2D eigenvalue weighted by molar-refractivity contribution is 6.35. The smallest absolute Gasteiger partial charge is 0.0468 e. The van der Waals surface area contributed by atoms with Crippen molar-refractivity contribution in [2.75, 3.05) is 0 Å². The summed E-state index contributed by atoms with van der Waals surface area (Å²) in [5, 5.41) is 1.42. The third kappa shape index (κ3) is 2.24. The minimum absolute atomic E-state index is 0.0486. The largest absolute Gasteiger partial charge is 0.323 e. The van der Waals surface area contributed by atoms with E-state index in [1.807, 2.05) is 18.2 Å². The first-order valence-electron chi connectivity index (χ1n) is 8.10. The van der Waals surface area contributed by atoms with E-state index in [4.69, 9.17) is 28.9 Å². The lowest BCUT2D eigenvalue weighted by atomic mass is 9.43. The van der Waals surface area contributed by atoms with Gasteiger partial charge in [-0.3, -0.25) is 0 Å². The molecular weight excluding hydrogens is 301 g/mol. The molecule has 0 aliphatic heterocycles. The maximum Gasteiger partial charge on any atom is 0.0468 e. The fourth-order valence-corrected chi connectivity index (χ4v) is 6.77. The highest BCUT2D eigenvalue weighted by Gasteiger charge is 2.58. The second-order valence-corrected chi connectivity index (χ2v) is 9.12. The molecule has 3 unspecified atom stereocenters. The highest BCUT2D eigenvalue weighted by Crippen LogP contribution is 2.68. The van der Waals surface area contributed by atoms with Crippen LogP contribution in [0.1, 0.15) is 57.1 Å². The Kier molecular flexibility index (Phi) is 3.17. The third-order valence-corrected chi connectivity index (χ3v) is 6.92. The number of hydrogen-bond donors (Lipinski definition) is 1. The maximum atomic E-state index is 6.78. The molecule has 0 saturated heterocycles. The Bertz CT molecular complexity index is 569. The van der Waals surface area contributed by atoms with E-state index in [9.17, 15) is 0 Å². The molecule has 114 valence electrons. The number of benzene rings is 1. The second-order valence-electron chi connectivity index (χ2n) is 8.28. The average molecular weight is 324 g/mol. The summed E-state index contributed by atoms with van der Waals surface area (Å²) in [5.74, 6) is 1.77. The van der Waals surface area contributed by atoms with Crippen LogP contribution in [0.5, 0.6) is 0 Å². The third-order valence-electron chi connectivity index (χ3n) is 6.36. The normalized spacial score (nSPS) is 42.3. The first-order valence-corrected chi connectivity index (χ1v) is 8.85. The number of halogens is 2. The monoisotopic (exact) mass is 323 g/mol. The van der Waals surface area contributed by atoms with Crippen molar-refractivity contribution in [2.45, 2.75) is 51.5 Å². The SMILES string of the molecule is CC12CC3CC(C1)CC(C(N)c1ccc(Cl)cc1Cl)(C3)C2. The zero-order valence-corrected chi connectivity index (χ0v) is 14.1. The second kappa shape index (κ2) is 4.63. The van der Waals surface area contributed by atoms with Gasteiger partial charge in [-0.05, 0) is 78.9 Å². The van der Waals surface area contributed by atoms with Crippen molar-refractivity contribution in [3.8, 4) is 0 Å². The van der Waals surface area contributed by atoms with Crippen LogP contribution in [-0.4, -0.2) is 0 Å². The first kappa shape index (κ1) is 14.4. The predicted molar refractivity (Wildman–Crippen MR) is 88.6 cm³/mol. The van der Waals surface area contributed by atoms with Crippen LogP contribution >= 0.6 is 23.2 Å². The summed E-state index contributed by atoms with van der Waals surface area (Å²) >= 11 is 12.5. The minimum atomic E-state index is 0.0486. The van der Waals surface area contributed by atoms with Gasteiger partial charge in [0.2, 0.25) is 0 Å². The van der Waals surface area contributed by atoms with Crippen LogP contribution in [-0.2, 0) is 0 Å². The minimum Gasteiger partial charge on any atom is -0.323 e. The van der Waals surface area contributed by atoms with E-state index in [0.717, 1.165) is 22.4 Å². The molecule has 4 saturated carbocycles. The molecule has 0 amide bonds. The van der Waals surface area contributed by atoms with Crippen LogP contribution in [0.25, 0.3) is 0 Å². The fraction of sp³-hybridized carbons (Fsp3) is 0.667. The van der Waals surface area contributed by atoms with Gasteiger partial charge in [0, 0.05) is 16.1 Å². The van der Waals surface area contributed by atoms with E-state index in [1.54, 1.807) is 0 Å². The van der Waals surface area contributed by atoms with Gasteiger partial charge in [-0.15, -0.1) is 0 Å². The van der Waals surface area contributed by atoms with Gasteiger partial charge in [-0.25, -0.2) is 0 Å². The van der Waals surface area contributed by atoms with Crippen LogP contribution < -0.4 is 5.73 Å². The molecule has 0 radical (unpaired) electrons. The van der Waals surface area contributed by atoms with Crippen molar-refractivity contribution < 1.29 is 0 Å². The fourth-order valence-electron chi connectivity index (χ4n) is 6.25. The summed E-state index contributed by atoms with van der Waals surface area (Å²) in [6.07, 6.45) is 8.10. The van der Waals surface area contributed by atoms with Crippen molar-refractivity contribution in [1.82, 2.24) is 0 Å². The zero-order valence-electron chi connectivity index (χ0n) is 12.5. The summed E-state index contributed by atoms with van der Waals surface area (Å²) in [6, 6.07) is 5.84. The van der Waals surface area contributed by atoms with Crippen molar-refractivity contribution in [1.29, 1.82) is 0 Å². The molecule has 3 heteroatoms. The van der Waals surface area contributed by atoms with Gasteiger partial charge in [0.1, 0.15) is 0 Å². The van der Waals surface area contributed by atoms with Crippen LogP contribution in [0.3, 0.4) is 0 Å². The molecule has 5 rings (SSSR count). The molecule has 0 heterocycles. The molecule has 2 N–H and O–H groups in total. The van der Waals surface area contributed by atoms with Crippen molar-refractivity contribution >= 4 is 23.2 Å². The van der Waals surface area contributed by atoms with Crippen LogP contribution in [0, 0.1) is 22.7 Å². The lowest BCUT2D eigenvalue weighted by Gasteiger charge is -2.63. The number of nitrogens with two attached hydrogens (primary N) is 1. The standard InChI is InChI=1S/C18H23Cl2N/c1-17-6-11-4-12(7-17)9-18(8-11,10-17)16(21)14-3-2-13(19)5-15(14)20/h2-3,5,11-12,16H,4,6-10,21H2,1H3. The van der Waals surface area contributed by atoms with Crippen LogP contribution in [0.2, 0.25) is 10.0 Å². The summed E-state index contributed by atoms with van der Waals surface area (Å²) < 4.78 is 0. The Balaban J connectivity index is 1.72. The van der Waals surface area contributed by atoms with Gasteiger partial charge in [0.25, 0.3) is 0 Å². The van der Waals surface area contributed by atoms with Gasteiger partial charge in [-0.1, -0.05) is 36.2 Å². The molecule has 1 aromatic carbocycles. The molecule has 1 nitrogen and oxygen atoms in total. The molecule has 4 fully saturated rings. The lowest BCUT2D eigenvalue weighted by Crippen LogP contribution is -2.54. The van der Waals surface area contributed by atoms with E-state index in [1.165, 1.54) is 38.5 Å². The predicted octanol–water partition coefficient (Wildman–Crippen LogP) is 5.60. The van der Waals surface area contributed by atoms with Gasteiger partial charge in [-0.2, -0.15) is 0 Å². The number of rotatable bonds is 2. The molecule has 3 atom stereocenters. The summed E-state index contributed by atoms with van der Waals surface area (Å²) in [4.78, 5) is 0. The van der Waals surface area contributed by atoms with E-state index in [2.05, 4.69) is 6.92 Å². The Labute approximate surface area is 137 Å². The number of hydrogen-bond acceptors (Lipinski definition) is 1. The van der Waals surface area contributed by atoms with Gasteiger partial charge in [0.15, 0.2) is 0 Å². The van der Waals surface area contributed by atoms with Crippen molar-refractivity contribution in [3.63, 3.8) is 0 Å². The van der Waals surface area contributed by atoms with E-state index in [0.29, 0.717) is 10.4 Å². The highest BCUT2D eigenvalue weighted by atomic mass is 35.5. The van der Waals surface area contributed by atoms with Crippen LogP contribution in [0.15, 0.2) is 18.2 Å². The zero-order chi connectivity index (χ0) is 14.8. The molecule has 0 aromatic heterocycles. The maximum absolute atomic E-state index is 6.78. The van der Waals surface area contributed by atoms with E-state index < -0.39 is 0 Å². The Morgan fingerprint density at radius 1 is 1.14 bits per heavy atom. The Hall–Kier alpha value is -0.240. The first-order chi connectivity index (χ1) is 9.89. The summed E-state index contributed by atoms with van der Waals surface area (Å²) in [6.45, 7) is 2.48. The Morgan fingerprint density at radius 2 is 1.81 bits per heavy atom. The Morgan fingerprint density at radius 3 is 2.38 bits per heavy atom. The summed E-state index contributed by atoms with van der Waals surface area (Å²) in [5.41, 5.74) is 8.64. The summed E-state index contributed by atoms with van der Waals surface area (Å²) in [7, 11) is 0. The molecule has 4 aliphatic carbocycles. The quantitative estimate of drug-likeness (QED) is 0.753. The van der Waals surface area contributed by atoms with Gasteiger partial charge < -0.3 is 5.73 Å². The average Bonchev–Trinajstić information content (AvgIpc) is 2.35. The van der Waals surface area contributed by atoms with E-state index >= 15 is 0 Å². The van der Waals surface area contributed by atoms with Gasteiger partial charge in [0.05, 0.1) is 0 Å². The lowest BCUT2D eigenvalue weighted by molar-refractivity contribution is -0.113. The molecule has 21 heavy (non-hydrogen) atoms. The molecule has 1 aromatic rings. The van der Waals surface area contributed by atoms with Crippen molar-refractivity contribution in [3.05, 3.63) is 33.8 Å². The molecule has 4 bridgehead atoms. The molecule has 4 aliphatic rings. The van der Waals surface area contributed by atoms with Gasteiger partial charge >= 0.3 is 0 Å².